The number of nitrogens with zero attached hydrogens (tertiary/aromatic N) is 5. The summed E-state index contributed by atoms with van der Waals surface area (Å²) in [6.07, 6.45) is 9.84. The standard InChI is InChI=1S/C20H36N6O/c1-3-22-20(23-8-4-10-24-11-6-18(27)7-12-24)25-13-5-17(2)19(15-25)26-14-9-21-16-26/h9,14,16-19,27H,3-8,10-13,15H2,1-2H3,(H,22,23). The van der Waals surface area contributed by atoms with Gasteiger partial charge in [0.2, 0.25) is 0 Å². The highest BCUT2D eigenvalue weighted by Gasteiger charge is 2.28. The van der Waals surface area contributed by atoms with Crippen molar-refractivity contribution in [2.75, 3.05) is 45.8 Å². The van der Waals surface area contributed by atoms with E-state index in [1.165, 1.54) is 6.42 Å². The second-order valence-corrected chi connectivity index (χ2v) is 7.95. The van der Waals surface area contributed by atoms with E-state index in [1.807, 2.05) is 12.5 Å². The molecule has 2 saturated heterocycles. The molecule has 0 spiro atoms. The summed E-state index contributed by atoms with van der Waals surface area (Å²) in [4.78, 5) is 14.0. The lowest BCUT2D eigenvalue weighted by Crippen LogP contribution is -2.49. The van der Waals surface area contributed by atoms with E-state index in [0.717, 1.165) is 71.0 Å². The van der Waals surface area contributed by atoms with Crippen LogP contribution >= 0.6 is 0 Å². The van der Waals surface area contributed by atoms with Crippen LogP contribution in [0.2, 0.25) is 0 Å². The molecule has 0 bridgehead atoms. The van der Waals surface area contributed by atoms with Gasteiger partial charge in [-0.3, -0.25) is 4.99 Å². The zero-order valence-corrected chi connectivity index (χ0v) is 16.9. The molecule has 27 heavy (non-hydrogen) atoms. The van der Waals surface area contributed by atoms with E-state index >= 15 is 0 Å². The van der Waals surface area contributed by atoms with Crippen molar-refractivity contribution >= 4 is 5.96 Å². The van der Waals surface area contributed by atoms with Gasteiger partial charge in [-0.15, -0.1) is 0 Å². The molecule has 7 nitrogen and oxygen atoms in total. The molecule has 0 amide bonds. The molecule has 2 fully saturated rings. The van der Waals surface area contributed by atoms with E-state index in [-0.39, 0.29) is 6.10 Å². The summed E-state index contributed by atoms with van der Waals surface area (Å²) in [5.74, 6) is 1.69. The summed E-state index contributed by atoms with van der Waals surface area (Å²) in [7, 11) is 0. The molecular weight excluding hydrogens is 340 g/mol. The Morgan fingerprint density at radius 1 is 1.26 bits per heavy atom. The summed E-state index contributed by atoms with van der Waals surface area (Å²) in [5, 5.41) is 13.1. The number of aliphatic hydroxyl groups excluding tert-OH is 1. The van der Waals surface area contributed by atoms with E-state index in [0.29, 0.717) is 12.0 Å². The third kappa shape index (κ3) is 5.69. The van der Waals surface area contributed by atoms with Gasteiger partial charge in [0, 0.05) is 51.7 Å². The minimum absolute atomic E-state index is 0.0930. The third-order valence-electron chi connectivity index (χ3n) is 5.91. The first kappa shape index (κ1) is 20.1. The van der Waals surface area contributed by atoms with Gasteiger partial charge in [0.25, 0.3) is 0 Å². The van der Waals surface area contributed by atoms with Crippen LogP contribution in [0.25, 0.3) is 0 Å². The van der Waals surface area contributed by atoms with Crippen molar-refractivity contribution < 1.29 is 5.11 Å². The number of imidazole rings is 1. The Bertz CT molecular complexity index is 567. The number of aliphatic imine (C=N–C) groups is 1. The Hall–Kier alpha value is -1.60. The second-order valence-electron chi connectivity index (χ2n) is 7.95. The minimum Gasteiger partial charge on any atom is -0.393 e. The molecule has 2 unspecified atom stereocenters. The maximum Gasteiger partial charge on any atom is 0.193 e. The average Bonchev–Trinajstić information content (AvgIpc) is 3.21. The Kier molecular flexibility index (Phi) is 7.52. The quantitative estimate of drug-likeness (QED) is 0.448. The molecule has 1 aromatic rings. The molecule has 7 heteroatoms. The van der Waals surface area contributed by atoms with Crippen molar-refractivity contribution in [2.45, 2.75) is 51.7 Å². The monoisotopic (exact) mass is 376 g/mol. The number of aliphatic hydroxyl groups is 1. The van der Waals surface area contributed by atoms with Crippen LogP contribution in [0.4, 0.5) is 0 Å². The highest BCUT2D eigenvalue weighted by molar-refractivity contribution is 5.80. The molecular formula is C20H36N6O. The summed E-state index contributed by atoms with van der Waals surface area (Å²) < 4.78 is 2.24. The predicted molar refractivity (Wildman–Crippen MR) is 109 cm³/mol. The highest BCUT2D eigenvalue weighted by atomic mass is 16.3. The zero-order chi connectivity index (χ0) is 19.1. The highest BCUT2D eigenvalue weighted by Crippen LogP contribution is 2.27. The lowest BCUT2D eigenvalue weighted by molar-refractivity contribution is 0.0824. The molecule has 0 radical (unpaired) electrons. The van der Waals surface area contributed by atoms with Crippen LogP contribution in [-0.2, 0) is 0 Å². The SMILES string of the molecule is CCNC(=NCCCN1CCC(O)CC1)N1CCC(C)C(n2ccnc2)C1. The fourth-order valence-corrected chi connectivity index (χ4v) is 4.14. The molecule has 3 rings (SSSR count). The van der Waals surface area contributed by atoms with Gasteiger partial charge in [0.1, 0.15) is 0 Å². The van der Waals surface area contributed by atoms with E-state index in [1.54, 1.807) is 0 Å². The topological polar surface area (TPSA) is 68.9 Å². The zero-order valence-electron chi connectivity index (χ0n) is 16.9. The Balaban J connectivity index is 1.52. The van der Waals surface area contributed by atoms with E-state index in [2.05, 4.69) is 44.7 Å². The fraction of sp³-hybridized carbons (Fsp3) is 0.800. The van der Waals surface area contributed by atoms with Gasteiger partial charge < -0.3 is 24.8 Å². The number of nitrogens with one attached hydrogen (secondary N) is 1. The second kappa shape index (κ2) is 10.1. The van der Waals surface area contributed by atoms with Gasteiger partial charge in [-0.2, -0.15) is 0 Å². The first-order valence-electron chi connectivity index (χ1n) is 10.6. The van der Waals surface area contributed by atoms with Crippen molar-refractivity contribution in [1.29, 1.82) is 0 Å². The largest absolute Gasteiger partial charge is 0.393 e. The minimum atomic E-state index is -0.0930. The van der Waals surface area contributed by atoms with Crippen molar-refractivity contribution in [2.24, 2.45) is 10.9 Å². The summed E-state index contributed by atoms with van der Waals surface area (Å²) in [6.45, 7) is 11.4. The molecule has 2 aliphatic heterocycles. The van der Waals surface area contributed by atoms with Gasteiger partial charge in [-0.25, -0.2) is 4.98 Å². The van der Waals surface area contributed by atoms with Crippen molar-refractivity contribution in [3.63, 3.8) is 0 Å². The van der Waals surface area contributed by atoms with Crippen LogP contribution < -0.4 is 5.32 Å². The van der Waals surface area contributed by atoms with Crippen LogP contribution in [0, 0.1) is 5.92 Å². The normalized spacial score (nSPS) is 25.7. The number of piperidine rings is 2. The molecule has 0 aromatic carbocycles. The smallest absolute Gasteiger partial charge is 0.193 e. The maximum absolute atomic E-state index is 9.62. The average molecular weight is 377 g/mol. The van der Waals surface area contributed by atoms with Gasteiger partial charge >= 0.3 is 0 Å². The molecule has 3 heterocycles. The van der Waals surface area contributed by atoms with Crippen molar-refractivity contribution in [3.05, 3.63) is 18.7 Å². The predicted octanol–water partition coefficient (Wildman–Crippen LogP) is 1.58. The summed E-state index contributed by atoms with van der Waals surface area (Å²) in [5.41, 5.74) is 0. The number of likely N-dealkylation sites (tertiary alicyclic amines) is 2. The third-order valence-corrected chi connectivity index (χ3v) is 5.91. The summed E-state index contributed by atoms with van der Waals surface area (Å²) in [6, 6.07) is 0.449. The van der Waals surface area contributed by atoms with E-state index in [4.69, 9.17) is 4.99 Å². The molecule has 2 atom stereocenters. The Morgan fingerprint density at radius 2 is 2.07 bits per heavy atom. The van der Waals surface area contributed by atoms with Crippen LogP contribution in [0.3, 0.4) is 0 Å². The molecule has 0 saturated carbocycles. The van der Waals surface area contributed by atoms with Crippen LogP contribution in [0.1, 0.15) is 45.6 Å². The Morgan fingerprint density at radius 3 is 2.78 bits per heavy atom. The molecule has 2 N–H and O–H groups in total. The number of rotatable bonds is 6. The number of hydrogen-bond donors (Lipinski definition) is 2. The van der Waals surface area contributed by atoms with Crippen LogP contribution in [-0.4, -0.2) is 82.3 Å². The number of hydrogen-bond acceptors (Lipinski definition) is 4. The first-order chi connectivity index (χ1) is 13.2. The van der Waals surface area contributed by atoms with E-state index < -0.39 is 0 Å². The van der Waals surface area contributed by atoms with Gasteiger partial charge in [-0.05, 0) is 45.1 Å². The van der Waals surface area contributed by atoms with Gasteiger partial charge in [0.15, 0.2) is 5.96 Å². The fourth-order valence-electron chi connectivity index (χ4n) is 4.14. The number of guanidine groups is 1. The van der Waals surface area contributed by atoms with Gasteiger partial charge in [-0.1, -0.05) is 6.92 Å². The van der Waals surface area contributed by atoms with Crippen LogP contribution in [0.15, 0.2) is 23.7 Å². The van der Waals surface area contributed by atoms with Gasteiger partial charge in [0.05, 0.1) is 18.5 Å². The van der Waals surface area contributed by atoms with Crippen LogP contribution in [0.5, 0.6) is 0 Å². The lowest BCUT2D eigenvalue weighted by Gasteiger charge is -2.39. The number of aromatic nitrogens is 2. The molecule has 2 aliphatic rings. The maximum atomic E-state index is 9.62. The molecule has 0 aliphatic carbocycles. The van der Waals surface area contributed by atoms with Crippen molar-refractivity contribution in [1.82, 2.24) is 24.7 Å². The lowest BCUT2D eigenvalue weighted by atomic mass is 9.93. The first-order valence-corrected chi connectivity index (χ1v) is 10.6. The van der Waals surface area contributed by atoms with E-state index in [9.17, 15) is 5.11 Å². The Labute approximate surface area is 163 Å². The summed E-state index contributed by atoms with van der Waals surface area (Å²) >= 11 is 0. The van der Waals surface area contributed by atoms with Crippen molar-refractivity contribution in [3.8, 4) is 0 Å². The molecule has 1 aromatic heterocycles. The molecule has 152 valence electrons.